The monoisotopic (exact) mass is 427 g/mol. The Kier molecular flexibility index (Phi) is 8.26. The van der Waals surface area contributed by atoms with Crippen LogP contribution in [0.2, 0.25) is 0 Å². The summed E-state index contributed by atoms with van der Waals surface area (Å²) in [6.07, 6.45) is 4.63. The molecular weight excluding hydrogens is 405 g/mol. The Bertz CT molecular complexity index is 1070. The maximum absolute atomic E-state index is 13.5. The Balaban J connectivity index is 0.00000101. The van der Waals surface area contributed by atoms with Gasteiger partial charge in [-0.3, -0.25) is 9.59 Å². The number of rotatable bonds is 5. The third-order valence-corrected chi connectivity index (χ3v) is 4.33. The summed E-state index contributed by atoms with van der Waals surface area (Å²) >= 11 is 1.16. The number of nitrogens with zero attached hydrogens (tertiary/aromatic N) is 3. The van der Waals surface area contributed by atoms with Crippen molar-refractivity contribution in [2.45, 2.75) is 20.3 Å². The molecule has 1 aromatic carbocycles. The fourth-order valence-electron chi connectivity index (χ4n) is 2.33. The summed E-state index contributed by atoms with van der Waals surface area (Å²) in [5, 5.41) is 16.0. The van der Waals surface area contributed by atoms with Gasteiger partial charge in [-0.2, -0.15) is 5.26 Å². The second kappa shape index (κ2) is 10.9. The number of carbonyl (C=O) groups is 2. The van der Waals surface area contributed by atoms with Gasteiger partial charge in [-0.1, -0.05) is 20.3 Å². The smallest absolute Gasteiger partial charge is 0.253 e. The average molecular weight is 428 g/mol. The van der Waals surface area contributed by atoms with E-state index in [1.807, 2.05) is 6.07 Å². The van der Waals surface area contributed by atoms with E-state index in [0.29, 0.717) is 22.0 Å². The Hall–Kier alpha value is -3.51. The van der Waals surface area contributed by atoms with Crippen LogP contribution in [0, 0.1) is 17.1 Å². The van der Waals surface area contributed by atoms with Crippen molar-refractivity contribution in [2.24, 2.45) is 7.05 Å². The first-order valence-electron chi connectivity index (χ1n) is 9.22. The van der Waals surface area contributed by atoms with Crippen molar-refractivity contribution in [3.8, 4) is 17.3 Å². The van der Waals surface area contributed by atoms with E-state index in [2.05, 4.69) is 29.5 Å². The maximum atomic E-state index is 13.5. The van der Waals surface area contributed by atoms with Gasteiger partial charge in [0.2, 0.25) is 5.91 Å². The lowest BCUT2D eigenvalue weighted by atomic mass is 10.1. The SMILES string of the molecule is CCC.Cn1ccc(C(=O)NCC(=O)Nc2nc(-c3cc(F)cc(C#N)c3)cs2)c1. The Morgan fingerprint density at radius 1 is 1.30 bits per heavy atom. The van der Waals surface area contributed by atoms with Gasteiger partial charge in [0.25, 0.3) is 5.91 Å². The van der Waals surface area contributed by atoms with Gasteiger partial charge in [-0.05, 0) is 24.3 Å². The largest absolute Gasteiger partial charge is 0.356 e. The number of benzene rings is 1. The van der Waals surface area contributed by atoms with E-state index >= 15 is 0 Å². The molecule has 0 aliphatic carbocycles. The number of amides is 2. The van der Waals surface area contributed by atoms with Gasteiger partial charge < -0.3 is 15.2 Å². The van der Waals surface area contributed by atoms with E-state index < -0.39 is 11.7 Å². The minimum atomic E-state index is -0.536. The normalized spacial score (nSPS) is 9.83. The van der Waals surface area contributed by atoms with E-state index in [9.17, 15) is 14.0 Å². The molecule has 2 N–H and O–H groups in total. The van der Waals surface area contributed by atoms with Gasteiger partial charge in [-0.15, -0.1) is 11.3 Å². The highest BCUT2D eigenvalue weighted by molar-refractivity contribution is 7.14. The number of anilines is 1. The van der Waals surface area contributed by atoms with Crippen LogP contribution in [0.5, 0.6) is 0 Å². The van der Waals surface area contributed by atoms with E-state index in [4.69, 9.17) is 5.26 Å². The fraction of sp³-hybridized carbons (Fsp3) is 0.238. The Morgan fingerprint density at radius 3 is 2.67 bits per heavy atom. The number of hydrogen-bond acceptors (Lipinski definition) is 5. The van der Waals surface area contributed by atoms with Crippen LogP contribution in [0.1, 0.15) is 36.2 Å². The van der Waals surface area contributed by atoms with Crippen molar-refractivity contribution in [1.29, 1.82) is 5.26 Å². The summed E-state index contributed by atoms with van der Waals surface area (Å²) in [5.74, 6) is -1.32. The molecule has 30 heavy (non-hydrogen) atoms. The van der Waals surface area contributed by atoms with E-state index in [1.54, 1.807) is 35.5 Å². The third kappa shape index (κ3) is 6.53. The van der Waals surface area contributed by atoms with Crippen LogP contribution >= 0.6 is 11.3 Å². The molecule has 156 valence electrons. The summed E-state index contributed by atoms with van der Waals surface area (Å²) in [5.41, 5.74) is 1.54. The molecule has 0 spiro atoms. The molecule has 2 aromatic heterocycles. The number of aromatic nitrogens is 2. The van der Waals surface area contributed by atoms with Crippen molar-refractivity contribution in [3.05, 3.63) is 59.0 Å². The topological polar surface area (TPSA) is 99.8 Å². The van der Waals surface area contributed by atoms with Crippen molar-refractivity contribution >= 4 is 28.3 Å². The van der Waals surface area contributed by atoms with Crippen molar-refractivity contribution in [1.82, 2.24) is 14.9 Å². The van der Waals surface area contributed by atoms with Crippen LogP contribution in [0.4, 0.5) is 9.52 Å². The van der Waals surface area contributed by atoms with E-state index in [0.717, 1.165) is 17.4 Å². The van der Waals surface area contributed by atoms with E-state index in [-0.39, 0.29) is 18.0 Å². The Morgan fingerprint density at radius 2 is 2.03 bits per heavy atom. The highest BCUT2D eigenvalue weighted by atomic mass is 32.1. The van der Waals surface area contributed by atoms with Crippen molar-refractivity contribution < 1.29 is 14.0 Å². The van der Waals surface area contributed by atoms with Gasteiger partial charge in [-0.25, -0.2) is 9.37 Å². The molecule has 0 saturated heterocycles. The lowest BCUT2D eigenvalue weighted by Gasteiger charge is -2.04. The second-order valence-corrected chi connectivity index (χ2v) is 7.24. The molecule has 0 aliphatic rings. The summed E-state index contributed by atoms with van der Waals surface area (Å²) in [6, 6.07) is 7.45. The molecule has 0 fully saturated rings. The standard InChI is InChI=1S/C18H14FN5O2S.C3H8/c1-24-3-2-12(9-24)17(26)21-8-16(25)23-18-22-15(10-27-18)13-4-11(7-20)5-14(19)6-13;1-3-2/h2-6,9-10H,8H2,1H3,(H,21,26)(H,22,23,25);3H2,1-2H3. The van der Waals surface area contributed by atoms with Gasteiger partial charge in [0, 0.05) is 30.4 Å². The predicted molar refractivity (Wildman–Crippen MR) is 115 cm³/mol. The summed E-state index contributed by atoms with van der Waals surface area (Å²) < 4.78 is 15.3. The molecule has 0 saturated carbocycles. The zero-order valence-corrected chi connectivity index (χ0v) is 17.7. The van der Waals surface area contributed by atoms with E-state index in [1.165, 1.54) is 18.6 Å². The molecule has 0 aliphatic heterocycles. The minimum absolute atomic E-state index is 0.187. The second-order valence-electron chi connectivity index (χ2n) is 6.38. The van der Waals surface area contributed by atoms with Crippen molar-refractivity contribution in [3.63, 3.8) is 0 Å². The fourth-order valence-corrected chi connectivity index (χ4v) is 3.07. The Labute approximate surface area is 178 Å². The average Bonchev–Trinajstić information content (AvgIpc) is 3.35. The van der Waals surface area contributed by atoms with Crippen LogP contribution in [0.25, 0.3) is 11.3 Å². The number of nitrogens with one attached hydrogen (secondary N) is 2. The first-order chi connectivity index (χ1) is 14.4. The first kappa shape index (κ1) is 22.8. The van der Waals surface area contributed by atoms with Crippen LogP contribution in [-0.4, -0.2) is 27.9 Å². The van der Waals surface area contributed by atoms with Crippen LogP contribution < -0.4 is 10.6 Å². The molecule has 0 atom stereocenters. The summed E-state index contributed by atoms with van der Waals surface area (Å²) in [6.45, 7) is 4.04. The molecule has 9 heteroatoms. The first-order valence-corrected chi connectivity index (χ1v) is 10.1. The zero-order chi connectivity index (χ0) is 22.1. The van der Waals surface area contributed by atoms with Crippen LogP contribution in [0.3, 0.4) is 0 Å². The van der Waals surface area contributed by atoms with Crippen LogP contribution in [0.15, 0.2) is 42.0 Å². The zero-order valence-electron chi connectivity index (χ0n) is 16.9. The van der Waals surface area contributed by atoms with Gasteiger partial charge in [0.15, 0.2) is 5.13 Å². The molecule has 7 nitrogen and oxygen atoms in total. The lowest BCUT2D eigenvalue weighted by Crippen LogP contribution is -2.32. The highest BCUT2D eigenvalue weighted by Crippen LogP contribution is 2.26. The van der Waals surface area contributed by atoms with Gasteiger partial charge in [0.05, 0.1) is 29.4 Å². The number of nitriles is 1. The molecule has 3 rings (SSSR count). The lowest BCUT2D eigenvalue weighted by molar-refractivity contribution is -0.115. The molecule has 0 bridgehead atoms. The van der Waals surface area contributed by atoms with Crippen molar-refractivity contribution in [2.75, 3.05) is 11.9 Å². The molecule has 2 heterocycles. The summed E-state index contributed by atoms with van der Waals surface area (Å²) in [4.78, 5) is 28.1. The van der Waals surface area contributed by atoms with Crippen LogP contribution in [-0.2, 0) is 11.8 Å². The quantitative estimate of drug-likeness (QED) is 0.644. The van der Waals surface area contributed by atoms with Gasteiger partial charge in [0.1, 0.15) is 5.82 Å². The number of aryl methyl sites for hydroxylation is 1. The predicted octanol–water partition coefficient (Wildman–Crippen LogP) is 3.94. The molecule has 0 radical (unpaired) electrons. The maximum Gasteiger partial charge on any atom is 0.253 e. The third-order valence-electron chi connectivity index (χ3n) is 3.58. The molecular formula is C21H22FN5O2S. The molecule has 2 amide bonds. The number of halogens is 1. The van der Waals surface area contributed by atoms with Gasteiger partial charge >= 0.3 is 0 Å². The number of hydrogen-bond donors (Lipinski definition) is 2. The molecule has 3 aromatic rings. The highest BCUT2D eigenvalue weighted by Gasteiger charge is 2.12. The molecule has 0 unspecified atom stereocenters. The number of thiazole rings is 1. The summed E-state index contributed by atoms with van der Waals surface area (Å²) in [7, 11) is 1.79. The minimum Gasteiger partial charge on any atom is -0.356 e. The number of carbonyl (C=O) groups excluding carboxylic acids is 2.